The summed E-state index contributed by atoms with van der Waals surface area (Å²) in [6, 6.07) is 24.8. The number of anilines is 1. The quantitative estimate of drug-likeness (QED) is 0.569. The Balaban J connectivity index is 1.80. The van der Waals surface area contributed by atoms with Gasteiger partial charge in [0, 0.05) is 29.4 Å². The van der Waals surface area contributed by atoms with Crippen LogP contribution in [0, 0.1) is 6.92 Å². The van der Waals surface area contributed by atoms with Crippen molar-refractivity contribution >= 4 is 17.5 Å². The molecule has 3 aromatic rings. The van der Waals surface area contributed by atoms with Gasteiger partial charge in [0.25, 0.3) is 11.8 Å². The third kappa shape index (κ3) is 5.33. The Hall–Kier alpha value is -3.44. The highest BCUT2D eigenvalue weighted by atomic mass is 16.2. The monoisotopic (exact) mass is 402 g/mol. The number of carbonyl (C=O) groups is 2. The minimum atomic E-state index is -0.369. The molecule has 0 fully saturated rings. The van der Waals surface area contributed by atoms with E-state index in [-0.39, 0.29) is 17.9 Å². The van der Waals surface area contributed by atoms with Crippen LogP contribution in [0.15, 0.2) is 78.9 Å². The van der Waals surface area contributed by atoms with E-state index in [2.05, 4.69) is 10.6 Å². The molecule has 30 heavy (non-hydrogen) atoms. The average Bonchev–Trinajstić information content (AvgIpc) is 2.76. The van der Waals surface area contributed by atoms with Crippen LogP contribution in [0.25, 0.3) is 0 Å². The topological polar surface area (TPSA) is 62.6 Å². The second-order valence-electron chi connectivity index (χ2n) is 7.50. The Morgan fingerprint density at radius 2 is 1.53 bits per heavy atom. The molecule has 0 radical (unpaired) electrons. The molecule has 2 atom stereocenters. The minimum absolute atomic E-state index is 0.0514. The van der Waals surface area contributed by atoms with Gasteiger partial charge in [0.05, 0.1) is 7.05 Å². The van der Waals surface area contributed by atoms with Gasteiger partial charge in [0.2, 0.25) is 0 Å². The van der Waals surface area contributed by atoms with Crippen molar-refractivity contribution in [2.24, 2.45) is 0 Å². The summed E-state index contributed by atoms with van der Waals surface area (Å²) in [4.78, 5) is 26.0. The van der Waals surface area contributed by atoms with E-state index >= 15 is 0 Å². The fraction of sp³-hybridized carbons (Fsp3) is 0.200. The van der Waals surface area contributed by atoms with E-state index in [1.165, 1.54) is 0 Å². The maximum Gasteiger partial charge on any atom is 0.287 e. The summed E-state index contributed by atoms with van der Waals surface area (Å²) in [7, 11) is 3.63. The van der Waals surface area contributed by atoms with Crippen LogP contribution in [0.3, 0.4) is 0 Å². The first-order valence-corrected chi connectivity index (χ1v) is 10.0. The van der Waals surface area contributed by atoms with Crippen LogP contribution in [0.4, 0.5) is 5.69 Å². The number of aryl methyl sites for hydroxylation is 1. The van der Waals surface area contributed by atoms with Gasteiger partial charge in [-0.3, -0.25) is 9.59 Å². The summed E-state index contributed by atoms with van der Waals surface area (Å²) in [5.74, 6) is -0.161. The van der Waals surface area contributed by atoms with E-state index in [1.807, 2.05) is 92.8 Å². The molecule has 154 valence electrons. The highest BCUT2D eigenvalue weighted by molar-refractivity contribution is 5.95. The first-order chi connectivity index (χ1) is 14.5. The molecule has 3 aromatic carbocycles. The summed E-state index contributed by atoms with van der Waals surface area (Å²) in [5.41, 5.74) is 4.58. The van der Waals surface area contributed by atoms with Gasteiger partial charge in [-0.15, -0.1) is 0 Å². The molecule has 0 saturated carbocycles. The number of quaternary nitrogens is 1. The van der Waals surface area contributed by atoms with Gasteiger partial charge < -0.3 is 15.5 Å². The van der Waals surface area contributed by atoms with Crippen LogP contribution in [0.2, 0.25) is 0 Å². The van der Waals surface area contributed by atoms with Crippen LogP contribution < -0.4 is 15.5 Å². The number of carbonyl (C=O) groups excluding carboxylic acids is 2. The summed E-state index contributed by atoms with van der Waals surface area (Å²) < 4.78 is 0. The van der Waals surface area contributed by atoms with Crippen LogP contribution in [-0.4, -0.2) is 25.9 Å². The van der Waals surface area contributed by atoms with Gasteiger partial charge in [0.1, 0.15) is 6.54 Å². The van der Waals surface area contributed by atoms with Gasteiger partial charge in [0.15, 0.2) is 6.04 Å². The lowest BCUT2D eigenvalue weighted by atomic mass is 10.0. The SMILES string of the molecule is CNC(=O)c1ccc(C[NH+](C)[C@H](C(=O)Nc2ccc(C)cc2)c2ccccc2)cc1. The van der Waals surface area contributed by atoms with Gasteiger partial charge in [-0.05, 0) is 31.2 Å². The van der Waals surface area contributed by atoms with Crippen molar-refractivity contribution in [2.75, 3.05) is 19.4 Å². The van der Waals surface area contributed by atoms with Crippen molar-refractivity contribution < 1.29 is 14.5 Å². The number of rotatable bonds is 7. The zero-order valence-electron chi connectivity index (χ0n) is 17.6. The smallest absolute Gasteiger partial charge is 0.287 e. The van der Waals surface area contributed by atoms with E-state index < -0.39 is 0 Å². The van der Waals surface area contributed by atoms with Crippen molar-refractivity contribution in [3.05, 3.63) is 101 Å². The third-order valence-electron chi connectivity index (χ3n) is 5.13. The molecule has 0 aliphatic carbocycles. The molecule has 0 spiro atoms. The van der Waals surface area contributed by atoms with Crippen molar-refractivity contribution in [2.45, 2.75) is 19.5 Å². The lowest BCUT2D eigenvalue weighted by Gasteiger charge is -2.25. The number of amides is 2. The molecule has 5 heteroatoms. The van der Waals surface area contributed by atoms with Crippen molar-refractivity contribution in [3.63, 3.8) is 0 Å². The van der Waals surface area contributed by atoms with Gasteiger partial charge >= 0.3 is 0 Å². The Labute approximate surface area is 177 Å². The Morgan fingerprint density at radius 1 is 0.900 bits per heavy atom. The summed E-state index contributed by atoms with van der Waals surface area (Å²) in [6.45, 7) is 2.67. The van der Waals surface area contributed by atoms with Crippen molar-refractivity contribution in [3.8, 4) is 0 Å². The van der Waals surface area contributed by atoms with Crippen molar-refractivity contribution in [1.29, 1.82) is 0 Å². The van der Waals surface area contributed by atoms with Gasteiger partial charge in [-0.2, -0.15) is 0 Å². The number of hydrogen-bond donors (Lipinski definition) is 3. The van der Waals surface area contributed by atoms with Gasteiger partial charge in [-0.1, -0.05) is 60.2 Å². The van der Waals surface area contributed by atoms with Gasteiger partial charge in [-0.25, -0.2) is 0 Å². The van der Waals surface area contributed by atoms with Crippen LogP contribution >= 0.6 is 0 Å². The predicted molar refractivity (Wildman–Crippen MR) is 119 cm³/mol. The zero-order chi connectivity index (χ0) is 21.5. The Morgan fingerprint density at radius 3 is 2.13 bits per heavy atom. The first-order valence-electron chi connectivity index (χ1n) is 10.0. The number of hydrogen-bond acceptors (Lipinski definition) is 2. The largest absolute Gasteiger partial charge is 0.355 e. The van der Waals surface area contributed by atoms with Crippen LogP contribution in [-0.2, 0) is 11.3 Å². The second-order valence-corrected chi connectivity index (χ2v) is 7.50. The van der Waals surface area contributed by atoms with E-state index in [4.69, 9.17) is 0 Å². The molecule has 0 aliphatic heterocycles. The molecule has 0 aromatic heterocycles. The predicted octanol–water partition coefficient (Wildman–Crippen LogP) is 2.75. The maximum absolute atomic E-state index is 13.2. The molecule has 3 rings (SSSR count). The Kier molecular flexibility index (Phi) is 6.99. The highest BCUT2D eigenvalue weighted by Crippen LogP contribution is 2.15. The molecule has 0 bridgehead atoms. The molecule has 0 heterocycles. The Bertz CT molecular complexity index is 983. The summed E-state index contributed by atoms with van der Waals surface area (Å²) >= 11 is 0. The second kappa shape index (κ2) is 9.85. The molecule has 5 nitrogen and oxygen atoms in total. The molecule has 1 unspecified atom stereocenters. The maximum atomic E-state index is 13.2. The third-order valence-corrected chi connectivity index (χ3v) is 5.13. The fourth-order valence-electron chi connectivity index (χ4n) is 3.50. The first kappa shape index (κ1) is 21.3. The van der Waals surface area contributed by atoms with Crippen LogP contribution in [0.5, 0.6) is 0 Å². The van der Waals surface area contributed by atoms with Crippen molar-refractivity contribution in [1.82, 2.24) is 5.32 Å². The lowest BCUT2D eigenvalue weighted by Crippen LogP contribution is -3.09. The number of benzene rings is 3. The summed E-state index contributed by atoms with van der Waals surface area (Å²) in [6.07, 6.45) is 0. The van der Waals surface area contributed by atoms with E-state index in [0.29, 0.717) is 12.1 Å². The minimum Gasteiger partial charge on any atom is -0.355 e. The zero-order valence-corrected chi connectivity index (χ0v) is 17.6. The van der Waals surface area contributed by atoms with E-state index in [0.717, 1.165) is 27.3 Å². The highest BCUT2D eigenvalue weighted by Gasteiger charge is 2.29. The molecular weight excluding hydrogens is 374 g/mol. The van der Waals surface area contributed by atoms with E-state index in [1.54, 1.807) is 7.05 Å². The lowest BCUT2D eigenvalue weighted by molar-refractivity contribution is -0.915. The summed E-state index contributed by atoms with van der Waals surface area (Å²) in [5, 5.41) is 5.68. The van der Waals surface area contributed by atoms with E-state index in [9.17, 15) is 9.59 Å². The molecule has 0 aliphatic rings. The molecule has 2 amide bonds. The molecule has 0 saturated heterocycles. The molecule has 3 N–H and O–H groups in total. The number of likely N-dealkylation sites (N-methyl/N-ethyl adjacent to an activating group) is 1. The van der Waals surface area contributed by atoms with Crippen LogP contribution in [0.1, 0.15) is 33.1 Å². The fourth-order valence-corrected chi connectivity index (χ4v) is 3.50. The standard InChI is InChI=1S/C25H27N3O2/c1-18-9-15-22(16-10-18)27-25(30)23(20-7-5-4-6-8-20)28(3)17-19-11-13-21(14-12-19)24(29)26-2/h4-16,23H,17H2,1-3H3,(H,26,29)(H,27,30)/p+1/t23-/m0/s1. The molecular formula is C25H28N3O2+. The number of nitrogens with one attached hydrogen (secondary N) is 3. The normalized spacial score (nSPS) is 12.6. The average molecular weight is 403 g/mol.